The third-order valence-electron chi connectivity index (χ3n) is 4.85. The fourth-order valence-electron chi connectivity index (χ4n) is 3.25. The van der Waals surface area contributed by atoms with Crippen molar-refractivity contribution < 1.29 is 18.8 Å². The van der Waals surface area contributed by atoms with E-state index in [0.29, 0.717) is 26.0 Å². The van der Waals surface area contributed by atoms with Crippen molar-refractivity contribution in [1.82, 2.24) is 25.3 Å². The molecule has 0 saturated carbocycles. The van der Waals surface area contributed by atoms with Gasteiger partial charge in [-0.05, 0) is 57.5 Å². The molecule has 1 N–H and O–H groups in total. The van der Waals surface area contributed by atoms with Crippen LogP contribution in [-0.2, 0) is 4.79 Å². The van der Waals surface area contributed by atoms with Gasteiger partial charge in [0.25, 0.3) is 0 Å². The molecule has 2 heterocycles. The Labute approximate surface area is 173 Å². The number of carbonyl (C=O) groups is 2. The first-order valence-electron chi connectivity index (χ1n) is 10.5. The standard InChI is InChI=1S/C20H35N5O4/c1-15(2)14-16(21-17(26)8-11-25-9-6-5-7-10-25)18(27)19-22-20(29-23-19)28-13-12-24(3)4/h15-16H,5-14H2,1-4H3,(H,21,26). The Morgan fingerprint density at radius 2 is 1.97 bits per heavy atom. The minimum absolute atomic E-state index is 0.0325. The highest BCUT2D eigenvalue weighted by Crippen LogP contribution is 2.14. The van der Waals surface area contributed by atoms with Crippen LogP contribution in [0.25, 0.3) is 0 Å². The lowest BCUT2D eigenvalue weighted by molar-refractivity contribution is -0.122. The molecule has 2 rings (SSSR count). The Hall–Kier alpha value is -2.00. The predicted octanol–water partition coefficient (Wildman–Crippen LogP) is 1.60. The number of nitrogens with zero attached hydrogens (tertiary/aromatic N) is 4. The first-order valence-corrected chi connectivity index (χ1v) is 10.5. The van der Waals surface area contributed by atoms with Crippen LogP contribution in [0.3, 0.4) is 0 Å². The van der Waals surface area contributed by atoms with E-state index in [1.165, 1.54) is 19.3 Å². The molecule has 9 heteroatoms. The summed E-state index contributed by atoms with van der Waals surface area (Å²) in [5.41, 5.74) is 0. The maximum atomic E-state index is 12.8. The number of likely N-dealkylation sites (N-methyl/N-ethyl adjacent to an activating group) is 1. The van der Waals surface area contributed by atoms with Crippen LogP contribution in [0.4, 0.5) is 0 Å². The Kier molecular flexibility index (Phi) is 9.53. The highest BCUT2D eigenvalue weighted by atomic mass is 16.6. The van der Waals surface area contributed by atoms with Gasteiger partial charge in [0.2, 0.25) is 17.5 Å². The zero-order chi connectivity index (χ0) is 21.2. The van der Waals surface area contributed by atoms with Crippen LogP contribution < -0.4 is 10.1 Å². The number of hydrogen-bond donors (Lipinski definition) is 1. The molecule has 1 fully saturated rings. The van der Waals surface area contributed by atoms with E-state index < -0.39 is 6.04 Å². The third kappa shape index (κ3) is 8.49. The summed E-state index contributed by atoms with van der Waals surface area (Å²) in [5.74, 6) is -0.308. The van der Waals surface area contributed by atoms with Crippen molar-refractivity contribution >= 4 is 11.7 Å². The van der Waals surface area contributed by atoms with Crippen LogP contribution in [0.15, 0.2) is 4.52 Å². The lowest BCUT2D eigenvalue weighted by Crippen LogP contribution is -2.43. The number of nitrogens with one attached hydrogen (secondary N) is 1. The zero-order valence-corrected chi connectivity index (χ0v) is 18.1. The van der Waals surface area contributed by atoms with Gasteiger partial charge in [-0.2, -0.15) is 0 Å². The van der Waals surface area contributed by atoms with Crippen molar-refractivity contribution in [2.24, 2.45) is 5.92 Å². The Bertz CT molecular complexity index is 641. The molecule has 0 aliphatic carbocycles. The molecule has 9 nitrogen and oxygen atoms in total. The van der Waals surface area contributed by atoms with Gasteiger partial charge in [-0.1, -0.05) is 20.3 Å². The average molecular weight is 410 g/mol. The number of amides is 1. The number of ether oxygens (including phenoxy) is 1. The second-order valence-corrected chi connectivity index (χ2v) is 8.30. The number of hydrogen-bond acceptors (Lipinski definition) is 8. The van der Waals surface area contributed by atoms with E-state index in [-0.39, 0.29) is 29.5 Å². The van der Waals surface area contributed by atoms with E-state index in [1.807, 2.05) is 32.8 Å². The molecular formula is C20H35N5O4. The predicted molar refractivity (Wildman–Crippen MR) is 109 cm³/mol. The molecule has 1 aromatic rings. The van der Waals surface area contributed by atoms with E-state index in [4.69, 9.17) is 9.26 Å². The number of rotatable bonds is 12. The van der Waals surface area contributed by atoms with Crippen molar-refractivity contribution in [3.8, 4) is 6.08 Å². The van der Waals surface area contributed by atoms with Gasteiger partial charge in [-0.25, -0.2) is 0 Å². The number of piperidine rings is 1. The molecule has 1 unspecified atom stereocenters. The van der Waals surface area contributed by atoms with E-state index in [1.54, 1.807) is 0 Å². The van der Waals surface area contributed by atoms with E-state index in [2.05, 4.69) is 20.4 Å². The first-order chi connectivity index (χ1) is 13.8. The molecular weight excluding hydrogens is 374 g/mol. The molecule has 1 saturated heterocycles. The normalized spacial score (nSPS) is 16.2. The molecule has 1 atom stereocenters. The lowest BCUT2D eigenvalue weighted by Gasteiger charge is -2.26. The summed E-state index contributed by atoms with van der Waals surface area (Å²) in [7, 11) is 3.85. The second kappa shape index (κ2) is 11.9. The van der Waals surface area contributed by atoms with Gasteiger partial charge in [-0.15, -0.1) is 4.98 Å². The number of Topliss-reactive ketones (excluding diaryl/α,β-unsaturated/α-hetero) is 1. The van der Waals surface area contributed by atoms with Gasteiger partial charge in [0.15, 0.2) is 0 Å². The molecule has 0 bridgehead atoms. The minimum atomic E-state index is -0.670. The van der Waals surface area contributed by atoms with Crippen LogP contribution in [0, 0.1) is 5.92 Å². The van der Waals surface area contributed by atoms with Crippen LogP contribution in [-0.4, -0.2) is 84.6 Å². The number of aromatic nitrogens is 2. The number of likely N-dealkylation sites (tertiary alicyclic amines) is 1. The summed E-state index contributed by atoms with van der Waals surface area (Å²) in [6.45, 7) is 7.89. The summed E-state index contributed by atoms with van der Waals surface area (Å²) in [5, 5.41) is 6.60. The Balaban J connectivity index is 1.89. The highest BCUT2D eigenvalue weighted by Gasteiger charge is 2.27. The molecule has 1 aromatic heterocycles. The fraction of sp³-hybridized carbons (Fsp3) is 0.800. The molecule has 1 aliphatic rings. The SMILES string of the molecule is CC(C)CC(NC(=O)CCN1CCCCC1)C(=O)c1noc(OCCN(C)C)n1. The second-order valence-electron chi connectivity index (χ2n) is 8.30. The monoisotopic (exact) mass is 409 g/mol. The minimum Gasteiger partial charge on any atom is -0.447 e. The van der Waals surface area contributed by atoms with E-state index in [9.17, 15) is 9.59 Å². The molecule has 1 amide bonds. The molecule has 0 aromatic carbocycles. The van der Waals surface area contributed by atoms with Gasteiger partial charge >= 0.3 is 6.08 Å². The third-order valence-corrected chi connectivity index (χ3v) is 4.85. The van der Waals surface area contributed by atoms with Crippen LogP contribution >= 0.6 is 0 Å². The Morgan fingerprint density at radius 3 is 2.62 bits per heavy atom. The highest BCUT2D eigenvalue weighted by molar-refractivity contribution is 5.99. The molecule has 29 heavy (non-hydrogen) atoms. The average Bonchev–Trinajstić information content (AvgIpc) is 3.14. The molecule has 164 valence electrons. The van der Waals surface area contributed by atoms with Crippen molar-refractivity contribution in [2.75, 3.05) is 46.9 Å². The summed E-state index contributed by atoms with van der Waals surface area (Å²) < 4.78 is 10.4. The quantitative estimate of drug-likeness (QED) is 0.520. The maximum Gasteiger partial charge on any atom is 0.417 e. The number of ketones is 1. The zero-order valence-electron chi connectivity index (χ0n) is 18.1. The van der Waals surface area contributed by atoms with Gasteiger partial charge in [-0.3, -0.25) is 14.1 Å². The van der Waals surface area contributed by atoms with Crippen molar-refractivity contribution in [3.05, 3.63) is 5.82 Å². The summed E-state index contributed by atoms with van der Waals surface area (Å²) >= 11 is 0. The first kappa shape index (κ1) is 23.3. The number of carbonyl (C=O) groups excluding carboxylic acids is 2. The van der Waals surface area contributed by atoms with Gasteiger partial charge in [0.05, 0.1) is 6.04 Å². The fourth-order valence-corrected chi connectivity index (χ4v) is 3.25. The van der Waals surface area contributed by atoms with Crippen LogP contribution in [0.5, 0.6) is 6.08 Å². The smallest absolute Gasteiger partial charge is 0.417 e. The maximum absolute atomic E-state index is 12.8. The largest absolute Gasteiger partial charge is 0.447 e. The van der Waals surface area contributed by atoms with Crippen molar-refractivity contribution in [3.63, 3.8) is 0 Å². The van der Waals surface area contributed by atoms with Crippen molar-refractivity contribution in [2.45, 2.75) is 52.0 Å². The molecule has 1 aliphatic heterocycles. The van der Waals surface area contributed by atoms with Gasteiger partial charge in [0, 0.05) is 19.5 Å². The van der Waals surface area contributed by atoms with Crippen LogP contribution in [0.2, 0.25) is 0 Å². The summed E-state index contributed by atoms with van der Waals surface area (Å²) in [6, 6.07) is -0.670. The topological polar surface area (TPSA) is 101 Å². The van der Waals surface area contributed by atoms with E-state index >= 15 is 0 Å². The lowest BCUT2D eigenvalue weighted by atomic mass is 9.99. The summed E-state index contributed by atoms with van der Waals surface area (Å²) in [4.78, 5) is 33.6. The van der Waals surface area contributed by atoms with Crippen molar-refractivity contribution in [1.29, 1.82) is 0 Å². The van der Waals surface area contributed by atoms with Gasteiger partial charge in [0.1, 0.15) is 6.61 Å². The summed E-state index contributed by atoms with van der Waals surface area (Å²) in [6.07, 6.45) is 4.50. The van der Waals surface area contributed by atoms with Gasteiger partial charge < -0.3 is 19.9 Å². The van der Waals surface area contributed by atoms with E-state index in [0.717, 1.165) is 19.6 Å². The molecule has 0 spiro atoms. The molecule has 0 radical (unpaired) electrons. The van der Waals surface area contributed by atoms with Crippen LogP contribution in [0.1, 0.15) is 56.6 Å². The Morgan fingerprint density at radius 1 is 1.24 bits per heavy atom.